The fourth-order valence-corrected chi connectivity index (χ4v) is 1.96. The third-order valence-electron chi connectivity index (χ3n) is 2.50. The van der Waals surface area contributed by atoms with Crippen molar-refractivity contribution in [3.8, 4) is 0 Å². The predicted molar refractivity (Wildman–Crippen MR) is 79.3 cm³/mol. The second-order valence-electron chi connectivity index (χ2n) is 3.76. The zero-order chi connectivity index (χ0) is 13.4. The van der Waals surface area contributed by atoms with Gasteiger partial charge in [-0.2, -0.15) is 26.7 Å². The molecule has 18 heavy (non-hydrogen) atoms. The van der Waals surface area contributed by atoms with Crippen molar-refractivity contribution >= 4 is 29.6 Å². The van der Waals surface area contributed by atoms with Crippen molar-refractivity contribution in [1.82, 2.24) is 15.0 Å². The molecule has 0 fully saturated rings. The molecule has 0 bridgehead atoms. The van der Waals surface area contributed by atoms with Gasteiger partial charge in [0.15, 0.2) is 0 Å². The summed E-state index contributed by atoms with van der Waals surface area (Å²) in [5.41, 5.74) is 5.70. The minimum atomic E-state index is 0.263. The molecular formula is C11H22N6S. The van der Waals surface area contributed by atoms with Crippen LogP contribution in [0, 0.1) is 0 Å². The fraction of sp³-hybridized carbons (Fsp3) is 0.727. The highest BCUT2D eigenvalue weighted by Crippen LogP contribution is 2.11. The van der Waals surface area contributed by atoms with E-state index in [9.17, 15) is 0 Å². The molecule has 1 aromatic heterocycles. The van der Waals surface area contributed by atoms with Crippen LogP contribution in [0.2, 0.25) is 0 Å². The number of nitrogens with one attached hydrogen (secondary N) is 1. The Kier molecular flexibility index (Phi) is 6.56. The van der Waals surface area contributed by atoms with Gasteiger partial charge in [0.05, 0.1) is 0 Å². The first-order chi connectivity index (χ1) is 8.71. The molecule has 0 saturated carbocycles. The average Bonchev–Trinajstić information content (AvgIpc) is 2.36. The number of hydrogen-bond donors (Lipinski definition) is 2. The summed E-state index contributed by atoms with van der Waals surface area (Å²) in [7, 11) is 0. The monoisotopic (exact) mass is 270 g/mol. The van der Waals surface area contributed by atoms with Crippen LogP contribution in [0.5, 0.6) is 0 Å². The Hall–Kier alpha value is -1.24. The lowest BCUT2D eigenvalue weighted by atomic mass is 10.5. The van der Waals surface area contributed by atoms with E-state index >= 15 is 0 Å². The maximum Gasteiger partial charge on any atom is 0.231 e. The van der Waals surface area contributed by atoms with Gasteiger partial charge in [-0.05, 0) is 32.3 Å². The first kappa shape index (κ1) is 14.8. The molecule has 0 spiro atoms. The van der Waals surface area contributed by atoms with Crippen LogP contribution in [-0.4, -0.2) is 46.6 Å². The zero-order valence-corrected chi connectivity index (χ0v) is 12.1. The van der Waals surface area contributed by atoms with Crippen LogP contribution in [0.3, 0.4) is 0 Å². The molecule has 0 amide bonds. The summed E-state index contributed by atoms with van der Waals surface area (Å²) in [6, 6.07) is 0. The van der Waals surface area contributed by atoms with Crippen LogP contribution in [0.4, 0.5) is 17.8 Å². The van der Waals surface area contributed by atoms with E-state index in [-0.39, 0.29) is 5.95 Å². The van der Waals surface area contributed by atoms with Gasteiger partial charge in [0, 0.05) is 19.6 Å². The first-order valence-corrected chi connectivity index (χ1v) is 7.59. The van der Waals surface area contributed by atoms with Crippen molar-refractivity contribution in [2.45, 2.75) is 20.3 Å². The smallest absolute Gasteiger partial charge is 0.231 e. The van der Waals surface area contributed by atoms with Gasteiger partial charge in [-0.25, -0.2) is 0 Å². The van der Waals surface area contributed by atoms with E-state index in [4.69, 9.17) is 5.73 Å². The minimum absolute atomic E-state index is 0.263. The molecule has 0 aliphatic rings. The summed E-state index contributed by atoms with van der Waals surface area (Å²) in [5, 5.41) is 3.18. The molecule has 6 nitrogen and oxygen atoms in total. The molecule has 0 aliphatic carbocycles. The molecule has 0 atom stereocenters. The topological polar surface area (TPSA) is 80.0 Å². The Bertz CT molecular complexity index is 355. The quantitative estimate of drug-likeness (QED) is 0.692. The van der Waals surface area contributed by atoms with Crippen LogP contribution in [0.1, 0.15) is 20.3 Å². The van der Waals surface area contributed by atoms with Gasteiger partial charge >= 0.3 is 0 Å². The molecule has 0 aromatic carbocycles. The van der Waals surface area contributed by atoms with E-state index in [2.05, 4.69) is 40.4 Å². The minimum Gasteiger partial charge on any atom is -0.368 e. The zero-order valence-electron chi connectivity index (χ0n) is 11.3. The van der Waals surface area contributed by atoms with Crippen molar-refractivity contribution < 1.29 is 0 Å². The number of nitrogens with zero attached hydrogens (tertiary/aromatic N) is 4. The highest BCUT2D eigenvalue weighted by molar-refractivity contribution is 7.98. The highest BCUT2D eigenvalue weighted by Gasteiger charge is 2.09. The molecule has 0 aliphatic heterocycles. The van der Waals surface area contributed by atoms with Crippen molar-refractivity contribution in [2.24, 2.45) is 0 Å². The Labute approximate surface area is 113 Å². The van der Waals surface area contributed by atoms with Crippen LogP contribution in [0.15, 0.2) is 0 Å². The van der Waals surface area contributed by atoms with E-state index in [1.54, 1.807) is 0 Å². The second kappa shape index (κ2) is 7.97. The molecule has 3 N–H and O–H groups in total. The Balaban J connectivity index is 2.68. The lowest BCUT2D eigenvalue weighted by Gasteiger charge is -2.18. The largest absolute Gasteiger partial charge is 0.368 e. The van der Waals surface area contributed by atoms with Gasteiger partial charge in [0.1, 0.15) is 0 Å². The van der Waals surface area contributed by atoms with Gasteiger partial charge < -0.3 is 16.0 Å². The van der Waals surface area contributed by atoms with Gasteiger partial charge in [-0.3, -0.25) is 0 Å². The summed E-state index contributed by atoms with van der Waals surface area (Å²) in [4.78, 5) is 14.7. The van der Waals surface area contributed by atoms with Crippen molar-refractivity contribution in [3.63, 3.8) is 0 Å². The molecule has 102 valence electrons. The maximum atomic E-state index is 5.70. The van der Waals surface area contributed by atoms with Gasteiger partial charge in [-0.15, -0.1) is 0 Å². The van der Waals surface area contributed by atoms with E-state index in [1.165, 1.54) is 0 Å². The van der Waals surface area contributed by atoms with Crippen LogP contribution in [0.25, 0.3) is 0 Å². The molecular weight excluding hydrogens is 248 g/mol. The summed E-state index contributed by atoms with van der Waals surface area (Å²) in [6.45, 7) is 6.68. The number of thioether (sulfide) groups is 1. The number of aromatic nitrogens is 3. The predicted octanol–water partition coefficient (Wildman–Crippen LogP) is 1.46. The van der Waals surface area contributed by atoms with E-state index in [0.29, 0.717) is 11.9 Å². The summed E-state index contributed by atoms with van der Waals surface area (Å²) >= 11 is 1.83. The maximum absolute atomic E-state index is 5.70. The van der Waals surface area contributed by atoms with Crippen LogP contribution >= 0.6 is 11.8 Å². The highest BCUT2D eigenvalue weighted by atomic mass is 32.2. The molecule has 0 radical (unpaired) electrons. The first-order valence-electron chi connectivity index (χ1n) is 6.20. The normalized spacial score (nSPS) is 10.4. The molecule has 0 saturated heterocycles. The molecule has 1 rings (SSSR count). The number of rotatable bonds is 8. The second-order valence-corrected chi connectivity index (χ2v) is 4.75. The lowest BCUT2D eigenvalue weighted by Crippen LogP contribution is -2.25. The van der Waals surface area contributed by atoms with Crippen molar-refractivity contribution in [3.05, 3.63) is 0 Å². The molecule has 1 aromatic rings. The third kappa shape index (κ3) is 4.56. The number of nitrogens with two attached hydrogens (primary N) is 1. The Morgan fingerprint density at radius 3 is 2.56 bits per heavy atom. The fourth-order valence-electron chi connectivity index (χ4n) is 1.52. The van der Waals surface area contributed by atoms with E-state index in [0.717, 1.165) is 31.8 Å². The van der Waals surface area contributed by atoms with E-state index < -0.39 is 0 Å². The summed E-state index contributed by atoms with van der Waals surface area (Å²) in [5.74, 6) is 2.58. The Morgan fingerprint density at radius 1 is 1.22 bits per heavy atom. The number of anilines is 3. The molecule has 7 heteroatoms. The standard InChI is InChI=1S/C11H22N6S/c1-4-17(5-2)11-15-9(12)14-10(16-11)13-7-6-8-18-3/h4-8H2,1-3H3,(H3,12,13,14,15,16). The van der Waals surface area contributed by atoms with Gasteiger partial charge in [-0.1, -0.05) is 0 Å². The third-order valence-corrected chi connectivity index (χ3v) is 3.19. The van der Waals surface area contributed by atoms with E-state index in [1.807, 2.05) is 16.7 Å². The van der Waals surface area contributed by atoms with Gasteiger partial charge in [0.25, 0.3) is 0 Å². The lowest BCUT2D eigenvalue weighted by molar-refractivity contribution is 0.813. The SMILES string of the molecule is CCN(CC)c1nc(N)nc(NCCCSC)n1. The summed E-state index contributed by atoms with van der Waals surface area (Å²) < 4.78 is 0. The number of nitrogen functional groups attached to an aromatic ring is 1. The molecule has 0 unspecified atom stereocenters. The summed E-state index contributed by atoms with van der Waals surface area (Å²) in [6.07, 6.45) is 3.17. The van der Waals surface area contributed by atoms with Crippen LogP contribution < -0.4 is 16.0 Å². The Morgan fingerprint density at radius 2 is 1.94 bits per heavy atom. The van der Waals surface area contributed by atoms with Crippen molar-refractivity contribution in [1.29, 1.82) is 0 Å². The van der Waals surface area contributed by atoms with Crippen LogP contribution in [-0.2, 0) is 0 Å². The van der Waals surface area contributed by atoms with Gasteiger partial charge in [0.2, 0.25) is 17.8 Å². The number of hydrogen-bond acceptors (Lipinski definition) is 7. The molecule has 1 heterocycles. The average molecular weight is 270 g/mol. The van der Waals surface area contributed by atoms with Crippen molar-refractivity contribution in [2.75, 3.05) is 47.6 Å².